The van der Waals surface area contributed by atoms with Gasteiger partial charge in [-0.15, -0.1) is 0 Å². The summed E-state index contributed by atoms with van der Waals surface area (Å²) in [7, 11) is 0. The van der Waals surface area contributed by atoms with Crippen molar-refractivity contribution in [2.24, 2.45) is 11.8 Å². The second-order valence-electron chi connectivity index (χ2n) is 6.34. The van der Waals surface area contributed by atoms with Crippen molar-refractivity contribution in [2.45, 2.75) is 20.3 Å². The van der Waals surface area contributed by atoms with Gasteiger partial charge in [-0.25, -0.2) is 0 Å². The van der Waals surface area contributed by atoms with E-state index in [-0.39, 0.29) is 24.2 Å². The molecule has 3 rings (SSSR count). The Balaban J connectivity index is 1.70. The number of halogens is 1. The molecule has 1 atom stereocenters. The predicted octanol–water partition coefficient (Wildman–Crippen LogP) is 2.77. The summed E-state index contributed by atoms with van der Waals surface area (Å²) in [5.74, 6) is 0.487. The van der Waals surface area contributed by atoms with Crippen LogP contribution >= 0.6 is 15.9 Å². The summed E-state index contributed by atoms with van der Waals surface area (Å²) in [5.41, 5.74) is 0.846. The Kier molecular flexibility index (Phi) is 4.39. The predicted molar refractivity (Wildman–Crippen MR) is 91.9 cm³/mol. The van der Waals surface area contributed by atoms with Gasteiger partial charge < -0.3 is 10.2 Å². The fraction of sp³-hybridized carbons (Fsp3) is 0.438. The van der Waals surface area contributed by atoms with Gasteiger partial charge in [0.15, 0.2) is 5.82 Å². The highest BCUT2D eigenvalue weighted by Crippen LogP contribution is 2.26. The van der Waals surface area contributed by atoms with Gasteiger partial charge in [0.2, 0.25) is 11.8 Å². The number of fused-ring (bicyclic) bond motifs is 1. The zero-order chi connectivity index (χ0) is 16.6. The average molecular weight is 379 g/mol. The number of rotatable bonds is 4. The minimum atomic E-state index is -0.316. The maximum atomic E-state index is 12.4. The summed E-state index contributed by atoms with van der Waals surface area (Å²) >= 11 is 3.40. The summed E-state index contributed by atoms with van der Waals surface area (Å²) < 4.78 is 0.942. The van der Waals surface area contributed by atoms with Crippen molar-refractivity contribution < 1.29 is 9.59 Å². The molecule has 2 heterocycles. The zero-order valence-corrected chi connectivity index (χ0v) is 14.7. The number of H-pyrrole nitrogens is 1. The van der Waals surface area contributed by atoms with E-state index in [2.05, 4.69) is 45.3 Å². The third kappa shape index (κ3) is 3.39. The number of likely N-dealkylation sites (tertiary alicyclic amines) is 1. The second kappa shape index (κ2) is 6.31. The molecular formula is C16H19BrN4O2. The number of anilines is 1. The number of hydrogen-bond donors (Lipinski definition) is 2. The number of carbonyl (C=O) groups is 2. The van der Waals surface area contributed by atoms with Crippen molar-refractivity contribution in [3.05, 3.63) is 22.7 Å². The van der Waals surface area contributed by atoms with Crippen LogP contribution in [0.3, 0.4) is 0 Å². The summed E-state index contributed by atoms with van der Waals surface area (Å²) in [6, 6.07) is 5.70. The molecule has 1 aliphatic rings. The molecule has 122 valence electrons. The number of aromatic nitrogens is 2. The lowest BCUT2D eigenvalue weighted by Gasteiger charge is -2.18. The third-order valence-corrected chi connectivity index (χ3v) is 4.43. The minimum Gasteiger partial charge on any atom is -0.342 e. The van der Waals surface area contributed by atoms with Gasteiger partial charge >= 0.3 is 0 Å². The molecule has 0 aliphatic carbocycles. The first kappa shape index (κ1) is 16.0. The van der Waals surface area contributed by atoms with E-state index in [4.69, 9.17) is 0 Å². The highest BCUT2D eigenvalue weighted by molar-refractivity contribution is 9.10. The molecule has 1 aliphatic heterocycles. The maximum Gasteiger partial charge on any atom is 0.231 e. The van der Waals surface area contributed by atoms with E-state index in [0.717, 1.165) is 15.4 Å². The Morgan fingerprint density at radius 2 is 2.30 bits per heavy atom. The lowest BCUT2D eigenvalue weighted by molar-refractivity contribution is -0.128. The molecule has 0 saturated carbocycles. The fourth-order valence-electron chi connectivity index (χ4n) is 2.87. The van der Waals surface area contributed by atoms with E-state index in [1.165, 1.54) is 0 Å². The second-order valence-corrected chi connectivity index (χ2v) is 7.26. The lowest BCUT2D eigenvalue weighted by Crippen LogP contribution is -2.31. The van der Waals surface area contributed by atoms with Crippen LogP contribution in [-0.2, 0) is 9.59 Å². The van der Waals surface area contributed by atoms with E-state index < -0.39 is 0 Å². The summed E-state index contributed by atoms with van der Waals surface area (Å²) in [6.45, 7) is 5.31. The summed E-state index contributed by atoms with van der Waals surface area (Å²) in [4.78, 5) is 26.2. The van der Waals surface area contributed by atoms with Gasteiger partial charge in [-0.1, -0.05) is 29.8 Å². The molecular weight excluding hydrogens is 360 g/mol. The lowest BCUT2D eigenvalue weighted by atomic mass is 10.1. The Morgan fingerprint density at radius 1 is 1.52 bits per heavy atom. The highest BCUT2D eigenvalue weighted by Gasteiger charge is 2.34. The molecule has 6 nitrogen and oxygen atoms in total. The number of nitrogens with zero attached hydrogens (tertiary/aromatic N) is 2. The van der Waals surface area contributed by atoms with E-state index in [1.54, 1.807) is 4.90 Å². The zero-order valence-electron chi connectivity index (χ0n) is 13.1. The fourth-order valence-corrected chi connectivity index (χ4v) is 3.23. The number of aromatic amines is 1. The van der Waals surface area contributed by atoms with Crippen LogP contribution in [-0.4, -0.2) is 40.0 Å². The molecule has 2 amide bonds. The van der Waals surface area contributed by atoms with Gasteiger partial charge in [0, 0.05) is 29.4 Å². The monoisotopic (exact) mass is 378 g/mol. The van der Waals surface area contributed by atoms with Crippen LogP contribution in [0.25, 0.3) is 10.9 Å². The molecule has 23 heavy (non-hydrogen) atoms. The molecule has 0 spiro atoms. The van der Waals surface area contributed by atoms with E-state index >= 15 is 0 Å². The Morgan fingerprint density at radius 3 is 3.04 bits per heavy atom. The standard InChI is InChI=1S/C16H19BrN4O2/c1-9(2)7-21-8-10(5-14(21)22)16(23)18-15-12-4-3-11(17)6-13(12)19-20-15/h3-4,6,9-10H,5,7-8H2,1-2H3,(H2,18,19,20,23). The molecule has 1 aromatic heterocycles. The quantitative estimate of drug-likeness (QED) is 0.858. The average Bonchev–Trinajstić information content (AvgIpc) is 3.03. The van der Waals surface area contributed by atoms with Crippen molar-refractivity contribution in [2.75, 3.05) is 18.4 Å². The van der Waals surface area contributed by atoms with Gasteiger partial charge in [-0.3, -0.25) is 14.7 Å². The number of hydrogen-bond acceptors (Lipinski definition) is 3. The molecule has 2 aromatic rings. The van der Waals surface area contributed by atoms with Gasteiger partial charge in [0.25, 0.3) is 0 Å². The van der Waals surface area contributed by atoms with Crippen molar-refractivity contribution in [1.29, 1.82) is 0 Å². The third-order valence-electron chi connectivity index (χ3n) is 3.94. The largest absolute Gasteiger partial charge is 0.342 e. The smallest absolute Gasteiger partial charge is 0.231 e. The van der Waals surface area contributed by atoms with Crippen molar-refractivity contribution in [1.82, 2.24) is 15.1 Å². The number of amides is 2. The molecule has 1 fully saturated rings. The first-order valence-electron chi connectivity index (χ1n) is 7.66. The molecule has 7 heteroatoms. The van der Waals surface area contributed by atoms with Crippen LogP contribution in [0.4, 0.5) is 5.82 Å². The number of benzene rings is 1. The molecule has 1 aromatic carbocycles. The topological polar surface area (TPSA) is 78.1 Å². The van der Waals surface area contributed by atoms with Crippen molar-refractivity contribution in [3.63, 3.8) is 0 Å². The van der Waals surface area contributed by atoms with E-state index in [9.17, 15) is 9.59 Å². The van der Waals surface area contributed by atoms with Crippen LogP contribution in [0, 0.1) is 11.8 Å². The Bertz CT molecular complexity index is 756. The first-order chi connectivity index (χ1) is 10.9. The van der Waals surface area contributed by atoms with Crippen LogP contribution in [0.5, 0.6) is 0 Å². The normalized spacial score (nSPS) is 18.2. The molecule has 2 N–H and O–H groups in total. The molecule has 0 radical (unpaired) electrons. The first-order valence-corrected chi connectivity index (χ1v) is 8.45. The van der Waals surface area contributed by atoms with Gasteiger partial charge in [0.05, 0.1) is 11.4 Å². The van der Waals surface area contributed by atoms with E-state index in [0.29, 0.717) is 24.8 Å². The Hall–Kier alpha value is -1.89. The van der Waals surface area contributed by atoms with Crippen molar-refractivity contribution >= 4 is 44.5 Å². The van der Waals surface area contributed by atoms with E-state index in [1.807, 2.05) is 18.2 Å². The van der Waals surface area contributed by atoms with Crippen LogP contribution in [0.1, 0.15) is 20.3 Å². The maximum absolute atomic E-state index is 12.4. The molecule has 1 saturated heterocycles. The number of carbonyl (C=O) groups excluding carboxylic acids is 2. The van der Waals surface area contributed by atoms with Crippen LogP contribution < -0.4 is 5.32 Å². The van der Waals surface area contributed by atoms with Gasteiger partial charge in [-0.05, 0) is 24.1 Å². The summed E-state index contributed by atoms with van der Waals surface area (Å²) in [6.07, 6.45) is 0.270. The van der Waals surface area contributed by atoms with Gasteiger partial charge in [0.1, 0.15) is 0 Å². The minimum absolute atomic E-state index is 0.0506. The molecule has 0 bridgehead atoms. The Labute approximate surface area is 142 Å². The van der Waals surface area contributed by atoms with Gasteiger partial charge in [-0.2, -0.15) is 5.10 Å². The van der Waals surface area contributed by atoms with Crippen molar-refractivity contribution in [3.8, 4) is 0 Å². The highest BCUT2D eigenvalue weighted by atomic mass is 79.9. The summed E-state index contributed by atoms with van der Waals surface area (Å²) in [5, 5.41) is 10.8. The van der Waals surface area contributed by atoms with Crippen LogP contribution in [0.15, 0.2) is 22.7 Å². The van der Waals surface area contributed by atoms with Crippen LogP contribution in [0.2, 0.25) is 0 Å². The molecule has 1 unspecified atom stereocenters. The SMILES string of the molecule is CC(C)CN1CC(C(=O)Nc2n[nH]c3cc(Br)ccc23)CC1=O. The number of nitrogens with one attached hydrogen (secondary N) is 2.